The van der Waals surface area contributed by atoms with E-state index in [1.807, 2.05) is 20.8 Å². The number of rotatable bonds is 3. The van der Waals surface area contributed by atoms with Gasteiger partial charge >= 0.3 is 6.03 Å². The second kappa shape index (κ2) is 6.21. The normalized spacial score (nSPS) is 18.1. The van der Waals surface area contributed by atoms with Gasteiger partial charge in [-0.2, -0.15) is 0 Å². The molecule has 0 aromatic carbocycles. The zero-order valence-corrected chi connectivity index (χ0v) is 13.2. The van der Waals surface area contributed by atoms with Gasteiger partial charge in [0, 0.05) is 24.7 Å². The number of carbonyl (C=O) groups excluding carboxylic acids is 2. The lowest BCUT2D eigenvalue weighted by Gasteiger charge is -2.25. The molecule has 7 nitrogen and oxygen atoms in total. The molecule has 1 aromatic heterocycles. The van der Waals surface area contributed by atoms with Crippen LogP contribution in [0.4, 0.5) is 10.6 Å². The van der Waals surface area contributed by atoms with E-state index < -0.39 is 5.91 Å². The highest BCUT2D eigenvalue weighted by molar-refractivity contribution is 5.91. The van der Waals surface area contributed by atoms with Gasteiger partial charge < -0.3 is 21.3 Å². The molecular formula is C15H23N5O2. The summed E-state index contributed by atoms with van der Waals surface area (Å²) in [7, 11) is 0. The molecule has 7 heteroatoms. The second-order valence-corrected chi connectivity index (χ2v) is 6.53. The third-order valence-corrected chi connectivity index (χ3v) is 3.31. The first-order valence-corrected chi connectivity index (χ1v) is 7.35. The van der Waals surface area contributed by atoms with Crippen LogP contribution in [-0.4, -0.2) is 46.5 Å². The Morgan fingerprint density at radius 3 is 2.73 bits per heavy atom. The van der Waals surface area contributed by atoms with Crippen molar-refractivity contribution in [3.8, 4) is 0 Å². The summed E-state index contributed by atoms with van der Waals surface area (Å²) < 4.78 is 0. The Labute approximate surface area is 130 Å². The molecule has 2 rings (SSSR count). The van der Waals surface area contributed by atoms with Crippen molar-refractivity contribution in [1.82, 2.24) is 15.2 Å². The maximum Gasteiger partial charge on any atom is 0.317 e. The minimum atomic E-state index is -0.554. The Balaban J connectivity index is 1.92. The van der Waals surface area contributed by atoms with Crippen molar-refractivity contribution in [1.29, 1.82) is 0 Å². The zero-order valence-electron chi connectivity index (χ0n) is 13.2. The van der Waals surface area contributed by atoms with Crippen LogP contribution in [-0.2, 0) is 0 Å². The Hall–Kier alpha value is -2.31. The van der Waals surface area contributed by atoms with Crippen LogP contribution in [0.25, 0.3) is 0 Å². The van der Waals surface area contributed by atoms with Crippen LogP contribution in [0.5, 0.6) is 0 Å². The number of nitrogens with zero attached hydrogens (tertiary/aromatic N) is 2. The number of aromatic nitrogens is 1. The number of pyridine rings is 1. The highest BCUT2D eigenvalue weighted by Crippen LogP contribution is 2.15. The van der Waals surface area contributed by atoms with E-state index in [1.54, 1.807) is 23.1 Å². The molecule has 2 heterocycles. The summed E-state index contributed by atoms with van der Waals surface area (Å²) in [4.78, 5) is 29.2. The van der Waals surface area contributed by atoms with E-state index in [0.717, 1.165) is 6.42 Å². The van der Waals surface area contributed by atoms with Crippen LogP contribution in [0.15, 0.2) is 18.2 Å². The van der Waals surface area contributed by atoms with Crippen LogP contribution < -0.4 is 16.4 Å². The van der Waals surface area contributed by atoms with Crippen molar-refractivity contribution in [2.75, 3.05) is 18.4 Å². The average molecular weight is 305 g/mol. The van der Waals surface area contributed by atoms with E-state index in [-0.39, 0.29) is 23.3 Å². The molecule has 1 fully saturated rings. The summed E-state index contributed by atoms with van der Waals surface area (Å²) in [5, 5.41) is 6.20. The van der Waals surface area contributed by atoms with E-state index in [4.69, 9.17) is 5.73 Å². The largest absolute Gasteiger partial charge is 0.365 e. The smallest absolute Gasteiger partial charge is 0.317 e. The van der Waals surface area contributed by atoms with Gasteiger partial charge in [0.1, 0.15) is 11.5 Å². The molecule has 1 aliphatic rings. The van der Waals surface area contributed by atoms with E-state index >= 15 is 0 Å². The van der Waals surface area contributed by atoms with Crippen LogP contribution in [0.2, 0.25) is 0 Å². The van der Waals surface area contributed by atoms with E-state index in [2.05, 4.69) is 15.6 Å². The van der Waals surface area contributed by atoms with Crippen molar-refractivity contribution in [3.63, 3.8) is 0 Å². The molecule has 0 bridgehead atoms. The summed E-state index contributed by atoms with van der Waals surface area (Å²) in [6.07, 6.45) is 0.833. The Morgan fingerprint density at radius 2 is 2.09 bits per heavy atom. The fourth-order valence-corrected chi connectivity index (χ4v) is 2.32. The molecule has 0 spiro atoms. The van der Waals surface area contributed by atoms with Gasteiger partial charge in [0.2, 0.25) is 0 Å². The van der Waals surface area contributed by atoms with Crippen molar-refractivity contribution in [2.45, 2.75) is 38.8 Å². The fraction of sp³-hybridized carbons (Fsp3) is 0.533. The van der Waals surface area contributed by atoms with Crippen molar-refractivity contribution in [3.05, 3.63) is 23.9 Å². The van der Waals surface area contributed by atoms with Crippen LogP contribution in [0.1, 0.15) is 37.7 Å². The summed E-state index contributed by atoms with van der Waals surface area (Å²) in [5.41, 5.74) is 5.20. The van der Waals surface area contributed by atoms with E-state index in [0.29, 0.717) is 18.9 Å². The summed E-state index contributed by atoms with van der Waals surface area (Å²) in [5.74, 6) is 0.0423. The lowest BCUT2D eigenvalue weighted by molar-refractivity contribution is 0.0995. The van der Waals surface area contributed by atoms with E-state index in [9.17, 15) is 9.59 Å². The molecule has 1 saturated heterocycles. The molecule has 3 amide bonds. The third-order valence-electron chi connectivity index (χ3n) is 3.31. The first-order valence-electron chi connectivity index (χ1n) is 7.35. The SMILES string of the molecule is CC(C)(C)NC(=O)N1CCC(Nc2cccc(C(N)=O)n2)C1. The van der Waals surface area contributed by atoms with E-state index in [1.165, 1.54) is 0 Å². The molecule has 1 unspecified atom stereocenters. The van der Waals surface area contributed by atoms with Gasteiger partial charge in [-0.15, -0.1) is 0 Å². The molecule has 22 heavy (non-hydrogen) atoms. The van der Waals surface area contributed by atoms with Gasteiger partial charge in [-0.3, -0.25) is 4.79 Å². The Morgan fingerprint density at radius 1 is 1.36 bits per heavy atom. The van der Waals surface area contributed by atoms with Crippen LogP contribution in [0.3, 0.4) is 0 Å². The fourth-order valence-electron chi connectivity index (χ4n) is 2.32. The monoisotopic (exact) mass is 305 g/mol. The highest BCUT2D eigenvalue weighted by Gasteiger charge is 2.28. The standard InChI is InChI=1S/C15H23N5O2/c1-15(2,3)19-14(22)20-8-7-10(9-20)17-12-6-4-5-11(18-12)13(16)21/h4-6,10H,7-9H2,1-3H3,(H2,16,21)(H,17,18)(H,19,22). The minimum Gasteiger partial charge on any atom is -0.365 e. The lowest BCUT2D eigenvalue weighted by atomic mass is 10.1. The zero-order chi connectivity index (χ0) is 16.3. The number of likely N-dealkylation sites (tertiary alicyclic amines) is 1. The van der Waals surface area contributed by atoms with Gasteiger partial charge in [-0.25, -0.2) is 9.78 Å². The number of nitrogens with one attached hydrogen (secondary N) is 2. The Kier molecular flexibility index (Phi) is 4.54. The first-order chi connectivity index (χ1) is 10.2. The van der Waals surface area contributed by atoms with Crippen LogP contribution >= 0.6 is 0 Å². The Bertz CT molecular complexity index is 567. The first kappa shape index (κ1) is 16.1. The van der Waals surface area contributed by atoms with Crippen molar-refractivity contribution < 1.29 is 9.59 Å². The molecule has 1 aromatic rings. The average Bonchev–Trinajstić information content (AvgIpc) is 2.85. The van der Waals surface area contributed by atoms with Gasteiger partial charge in [-0.1, -0.05) is 6.07 Å². The van der Waals surface area contributed by atoms with Gasteiger partial charge in [0.15, 0.2) is 0 Å². The number of primary amides is 1. The number of carbonyl (C=O) groups is 2. The number of amides is 3. The summed E-state index contributed by atoms with van der Waals surface area (Å²) in [6, 6.07) is 5.14. The van der Waals surface area contributed by atoms with Crippen molar-refractivity contribution >= 4 is 17.8 Å². The maximum absolute atomic E-state index is 12.1. The summed E-state index contributed by atoms with van der Waals surface area (Å²) >= 11 is 0. The number of anilines is 1. The van der Waals surface area contributed by atoms with Crippen molar-refractivity contribution in [2.24, 2.45) is 5.73 Å². The van der Waals surface area contributed by atoms with Gasteiger partial charge in [-0.05, 0) is 39.3 Å². The number of hydrogen-bond acceptors (Lipinski definition) is 4. The second-order valence-electron chi connectivity index (χ2n) is 6.53. The molecule has 0 saturated carbocycles. The molecule has 0 radical (unpaired) electrons. The highest BCUT2D eigenvalue weighted by atomic mass is 16.2. The summed E-state index contributed by atoms with van der Waals surface area (Å²) in [6.45, 7) is 7.15. The minimum absolute atomic E-state index is 0.0596. The number of nitrogens with two attached hydrogens (primary N) is 1. The predicted octanol–water partition coefficient (Wildman–Crippen LogP) is 1.17. The molecule has 4 N–H and O–H groups in total. The predicted molar refractivity (Wildman–Crippen MR) is 84.6 cm³/mol. The number of hydrogen-bond donors (Lipinski definition) is 3. The third kappa shape index (κ3) is 4.34. The molecule has 1 atom stereocenters. The number of urea groups is 1. The molecular weight excluding hydrogens is 282 g/mol. The van der Waals surface area contributed by atoms with Gasteiger partial charge in [0.05, 0.1) is 0 Å². The molecule has 1 aliphatic heterocycles. The topological polar surface area (TPSA) is 100 Å². The molecule has 120 valence electrons. The molecule has 0 aliphatic carbocycles. The van der Waals surface area contributed by atoms with Crippen LogP contribution in [0, 0.1) is 0 Å². The maximum atomic E-state index is 12.1. The quantitative estimate of drug-likeness (QED) is 0.780. The van der Waals surface area contributed by atoms with Gasteiger partial charge in [0.25, 0.3) is 5.91 Å². The lowest BCUT2D eigenvalue weighted by Crippen LogP contribution is -2.48.